The van der Waals surface area contributed by atoms with E-state index in [-0.39, 0.29) is 0 Å². The van der Waals surface area contributed by atoms with Gasteiger partial charge in [0.1, 0.15) is 11.0 Å². The van der Waals surface area contributed by atoms with E-state index in [1.54, 1.807) is 6.20 Å². The topological polar surface area (TPSA) is 41.1 Å². The highest BCUT2D eigenvalue weighted by Crippen LogP contribution is 2.17. The van der Waals surface area contributed by atoms with E-state index in [1.165, 1.54) is 49.7 Å². The van der Waals surface area contributed by atoms with Crippen molar-refractivity contribution in [1.29, 1.82) is 0 Å². The molecule has 2 aromatic rings. The third-order valence-corrected chi connectivity index (χ3v) is 4.21. The van der Waals surface area contributed by atoms with Gasteiger partial charge < -0.3 is 5.32 Å². The third-order valence-electron chi connectivity index (χ3n) is 4.03. The van der Waals surface area contributed by atoms with Gasteiger partial charge in [-0.25, -0.2) is 4.98 Å². The molecule has 0 atom stereocenters. The lowest BCUT2D eigenvalue weighted by Gasteiger charge is -2.27. The fourth-order valence-electron chi connectivity index (χ4n) is 2.86. The second kappa shape index (κ2) is 7.56. The van der Waals surface area contributed by atoms with Crippen LogP contribution in [0.15, 0.2) is 36.7 Å². The van der Waals surface area contributed by atoms with Crippen molar-refractivity contribution in [3.05, 3.63) is 52.9 Å². The zero-order valence-electron chi connectivity index (χ0n) is 12.6. The Morgan fingerprint density at radius 3 is 2.59 bits per heavy atom. The van der Waals surface area contributed by atoms with Crippen molar-refractivity contribution in [3.8, 4) is 0 Å². The van der Waals surface area contributed by atoms with Gasteiger partial charge in [0, 0.05) is 13.1 Å². The number of aromatic nitrogens is 2. The molecule has 1 aromatic heterocycles. The van der Waals surface area contributed by atoms with Crippen LogP contribution in [0.2, 0.25) is 5.15 Å². The molecular weight excluding hydrogens is 296 g/mol. The molecule has 1 fully saturated rings. The van der Waals surface area contributed by atoms with Crippen molar-refractivity contribution >= 4 is 17.4 Å². The molecule has 0 saturated carbocycles. The number of nitrogens with one attached hydrogen (secondary N) is 1. The lowest BCUT2D eigenvalue weighted by molar-refractivity contribution is 0.220. The van der Waals surface area contributed by atoms with Crippen LogP contribution in [-0.2, 0) is 13.1 Å². The van der Waals surface area contributed by atoms with Crippen molar-refractivity contribution in [1.82, 2.24) is 14.9 Å². The van der Waals surface area contributed by atoms with E-state index in [4.69, 9.17) is 11.6 Å². The van der Waals surface area contributed by atoms with Gasteiger partial charge in [0.25, 0.3) is 0 Å². The predicted molar refractivity (Wildman–Crippen MR) is 89.9 cm³/mol. The molecular formula is C17H21ClN4. The molecule has 5 heteroatoms. The highest BCUT2D eigenvalue weighted by Gasteiger charge is 2.12. The molecule has 1 aliphatic rings. The minimum atomic E-state index is 0.409. The number of anilines is 1. The zero-order valence-corrected chi connectivity index (χ0v) is 13.4. The van der Waals surface area contributed by atoms with Gasteiger partial charge in [-0.3, -0.25) is 9.88 Å². The van der Waals surface area contributed by atoms with Gasteiger partial charge in [0.05, 0.1) is 12.4 Å². The Morgan fingerprint density at radius 1 is 1.05 bits per heavy atom. The summed E-state index contributed by atoms with van der Waals surface area (Å²) in [5.74, 6) is 0.709. The molecule has 116 valence electrons. The summed E-state index contributed by atoms with van der Waals surface area (Å²) in [6.45, 7) is 4.18. The van der Waals surface area contributed by atoms with Crippen LogP contribution in [0, 0.1) is 0 Å². The number of hydrogen-bond donors (Lipinski definition) is 1. The number of halogens is 1. The van der Waals surface area contributed by atoms with Crippen LogP contribution in [0.4, 0.5) is 5.82 Å². The Morgan fingerprint density at radius 2 is 1.82 bits per heavy atom. The summed E-state index contributed by atoms with van der Waals surface area (Å²) < 4.78 is 0. The van der Waals surface area contributed by atoms with Crippen molar-refractivity contribution in [3.63, 3.8) is 0 Å². The molecule has 1 aromatic carbocycles. The molecule has 3 rings (SSSR count). The average Bonchev–Trinajstić information content (AvgIpc) is 2.55. The van der Waals surface area contributed by atoms with Gasteiger partial charge in [0.15, 0.2) is 0 Å². The number of piperidine rings is 1. The Balaban J connectivity index is 1.65. The van der Waals surface area contributed by atoms with E-state index < -0.39 is 0 Å². The molecule has 0 spiro atoms. The van der Waals surface area contributed by atoms with Gasteiger partial charge >= 0.3 is 0 Å². The number of benzene rings is 1. The predicted octanol–water partition coefficient (Wildman–Crippen LogP) is 3.73. The molecule has 4 nitrogen and oxygen atoms in total. The summed E-state index contributed by atoms with van der Waals surface area (Å²) >= 11 is 5.87. The molecule has 22 heavy (non-hydrogen) atoms. The van der Waals surface area contributed by atoms with Crippen LogP contribution in [0.25, 0.3) is 0 Å². The first kappa shape index (κ1) is 15.3. The van der Waals surface area contributed by atoms with E-state index in [0.717, 1.165) is 13.1 Å². The van der Waals surface area contributed by atoms with Gasteiger partial charge in [-0.15, -0.1) is 0 Å². The molecule has 0 radical (unpaired) electrons. The van der Waals surface area contributed by atoms with Crippen molar-refractivity contribution in [2.45, 2.75) is 32.4 Å². The van der Waals surface area contributed by atoms with Crippen molar-refractivity contribution in [2.24, 2.45) is 0 Å². The van der Waals surface area contributed by atoms with Gasteiger partial charge in [-0.1, -0.05) is 42.3 Å². The lowest BCUT2D eigenvalue weighted by Crippen LogP contribution is -2.29. The summed E-state index contributed by atoms with van der Waals surface area (Å²) in [6.07, 6.45) is 7.24. The van der Waals surface area contributed by atoms with E-state index in [2.05, 4.69) is 44.5 Å². The van der Waals surface area contributed by atoms with Crippen LogP contribution in [0.1, 0.15) is 30.4 Å². The minimum absolute atomic E-state index is 0.409. The maximum absolute atomic E-state index is 5.87. The monoisotopic (exact) mass is 316 g/mol. The summed E-state index contributed by atoms with van der Waals surface area (Å²) in [7, 11) is 0. The Hall–Kier alpha value is -1.65. The summed E-state index contributed by atoms with van der Waals surface area (Å²) in [4.78, 5) is 10.8. The third kappa shape index (κ3) is 4.18. The van der Waals surface area contributed by atoms with Gasteiger partial charge in [-0.2, -0.15) is 0 Å². The minimum Gasteiger partial charge on any atom is -0.365 e. The van der Waals surface area contributed by atoms with E-state index >= 15 is 0 Å². The lowest BCUT2D eigenvalue weighted by atomic mass is 10.0. The molecule has 0 aliphatic carbocycles. The van der Waals surface area contributed by atoms with Gasteiger partial charge in [0.2, 0.25) is 0 Å². The maximum Gasteiger partial charge on any atom is 0.149 e. The molecule has 0 amide bonds. The fraction of sp³-hybridized carbons (Fsp3) is 0.412. The largest absolute Gasteiger partial charge is 0.365 e. The molecule has 1 N–H and O–H groups in total. The summed E-state index contributed by atoms with van der Waals surface area (Å²) in [6, 6.07) is 8.59. The quantitative estimate of drug-likeness (QED) is 0.912. The van der Waals surface area contributed by atoms with E-state index in [9.17, 15) is 0 Å². The zero-order chi connectivity index (χ0) is 15.2. The van der Waals surface area contributed by atoms with E-state index in [0.29, 0.717) is 11.0 Å². The number of nitrogens with zero attached hydrogens (tertiary/aromatic N) is 3. The van der Waals surface area contributed by atoms with Crippen molar-refractivity contribution < 1.29 is 0 Å². The maximum atomic E-state index is 5.87. The highest BCUT2D eigenvalue weighted by molar-refractivity contribution is 6.29. The molecule has 0 unspecified atom stereocenters. The first-order chi connectivity index (χ1) is 10.8. The second-order valence-corrected chi connectivity index (χ2v) is 6.07. The molecule has 1 saturated heterocycles. The Bertz CT molecular complexity index is 611. The SMILES string of the molecule is Clc1cncc(NCc2ccccc2CN2CCCCC2)n1. The number of hydrogen-bond acceptors (Lipinski definition) is 4. The van der Waals surface area contributed by atoms with Gasteiger partial charge in [-0.05, 0) is 37.1 Å². The van der Waals surface area contributed by atoms with Crippen LogP contribution in [0.3, 0.4) is 0 Å². The summed E-state index contributed by atoms with van der Waals surface area (Å²) in [5.41, 5.74) is 2.68. The van der Waals surface area contributed by atoms with Crippen LogP contribution in [-0.4, -0.2) is 28.0 Å². The van der Waals surface area contributed by atoms with Crippen LogP contribution < -0.4 is 5.32 Å². The standard InChI is InChI=1S/C17H21ClN4/c18-16-11-19-12-17(21-16)20-10-14-6-2-3-7-15(14)13-22-8-4-1-5-9-22/h2-3,6-7,11-12H,1,4-5,8-10,13H2,(H,20,21). The Labute approximate surface area is 136 Å². The van der Waals surface area contributed by atoms with Crippen LogP contribution in [0.5, 0.6) is 0 Å². The first-order valence-corrected chi connectivity index (χ1v) is 8.19. The Kier molecular flexibility index (Phi) is 5.24. The number of rotatable bonds is 5. The fourth-order valence-corrected chi connectivity index (χ4v) is 3.00. The van der Waals surface area contributed by atoms with Crippen LogP contribution >= 0.6 is 11.6 Å². The molecule has 2 heterocycles. The number of likely N-dealkylation sites (tertiary alicyclic amines) is 1. The second-order valence-electron chi connectivity index (χ2n) is 5.69. The first-order valence-electron chi connectivity index (χ1n) is 7.82. The van der Waals surface area contributed by atoms with Crippen molar-refractivity contribution in [2.75, 3.05) is 18.4 Å². The average molecular weight is 317 g/mol. The summed E-state index contributed by atoms with van der Waals surface area (Å²) in [5, 5.41) is 3.71. The normalized spacial score (nSPS) is 15.7. The molecule has 1 aliphatic heterocycles. The smallest absolute Gasteiger partial charge is 0.149 e. The highest BCUT2D eigenvalue weighted by atomic mass is 35.5. The molecule has 0 bridgehead atoms. The van der Waals surface area contributed by atoms with E-state index in [1.807, 2.05) is 0 Å².